The fourth-order valence-electron chi connectivity index (χ4n) is 1.78. The molecular formula is C14H11BrN4O. The number of rotatable bonds is 2. The number of nitrogens with zero attached hydrogens (tertiary/aromatic N) is 3. The molecule has 20 heavy (non-hydrogen) atoms. The summed E-state index contributed by atoms with van der Waals surface area (Å²) in [4.78, 5) is 8.31. The first-order valence-corrected chi connectivity index (χ1v) is 6.74. The zero-order valence-electron chi connectivity index (χ0n) is 10.7. The standard InChI is InChI=1S/C14H11BrN4O/c1-8-2-3-9(6-11(8)15)13-18-14(20-19-13)10-4-5-17-7-12(10)16/h2-7H,16H2,1H3. The summed E-state index contributed by atoms with van der Waals surface area (Å²) in [5.74, 6) is 0.911. The molecule has 0 bridgehead atoms. The molecule has 0 fully saturated rings. The Kier molecular flexibility index (Phi) is 3.23. The molecule has 0 amide bonds. The molecule has 5 nitrogen and oxygen atoms in total. The monoisotopic (exact) mass is 330 g/mol. The van der Waals surface area contributed by atoms with Crippen molar-refractivity contribution < 1.29 is 4.52 Å². The van der Waals surface area contributed by atoms with Crippen LogP contribution in [0, 0.1) is 6.92 Å². The third-order valence-corrected chi connectivity index (χ3v) is 3.79. The Labute approximate surface area is 124 Å². The molecule has 0 unspecified atom stereocenters. The van der Waals surface area contributed by atoms with E-state index in [1.807, 2.05) is 25.1 Å². The first-order chi connectivity index (χ1) is 9.65. The van der Waals surface area contributed by atoms with E-state index in [4.69, 9.17) is 10.3 Å². The molecule has 0 aliphatic heterocycles. The predicted molar refractivity (Wildman–Crippen MR) is 79.8 cm³/mol. The summed E-state index contributed by atoms with van der Waals surface area (Å²) >= 11 is 3.49. The second kappa shape index (κ2) is 5.05. The number of hydrogen-bond donors (Lipinski definition) is 1. The van der Waals surface area contributed by atoms with Crippen LogP contribution in [0.5, 0.6) is 0 Å². The molecule has 0 atom stereocenters. The van der Waals surface area contributed by atoms with Gasteiger partial charge in [-0.25, -0.2) is 0 Å². The maximum absolute atomic E-state index is 5.85. The summed E-state index contributed by atoms with van der Waals surface area (Å²) in [6.07, 6.45) is 3.19. The molecule has 0 saturated heterocycles. The highest BCUT2D eigenvalue weighted by atomic mass is 79.9. The zero-order valence-corrected chi connectivity index (χ0v) is 12.3. The minimum Gasteiger partial charge on any atom is -0.397 e. The number of nitrogens with two attached hydrogens (primary N) is 1. The van der Waals surface area contributed by atoms with Crippen LogP contribution < -0.4 is 5.73 Å². The van der Waals surface area contributed by atoms with Gasteiger partial charge in [0.1, 0.15) is 0 Å². The number of benzene rings is 1. The Morgan fingerprint density at radius 1 is 1.25 bits per heavy atom. The largest absolute Gasteiger partial charge is 0.397 e. The van der Waals surface area contributed by atoms with Crippen molar-refractivity contribution in [1.82, 2.24) is 15.1 Å². The van der Waals surface area contributed by atoms with Crippen LogP contribution in [0.15, 0.2) is 45.7 Å². The second-order valence-electron chi connectivity index (χ2n) is 4.35. The van der Waals surface area contributed by atoms with Crippen molar-refractivity contribution >= 4 is 21.6 Å². The average Bonchev–Trinajstić information content (AvgIpc) is 2.92. The SMILES string of the molecule is Cc1ccc(-c2noc(-c3ccncc3N)n2)cc1Br. The summed E-state index contributed by atoms with van der Waals surface area (Å²) in [6, 6.07) is 7.65. The van der Waals surface area contributed by atoms with Crippen molar-refractivity contribution in [2.24, 2.45) is 0 Å². The Bertz CT molecular complexity index is 769. The molecule has 2 N–H and O–H groups in total. The first kappa shape index (κ1) is 12.8. The van der Waals surface area contributed by atoms with Gasteiger partial charge in [0.25, 0.3) is 5.89 Å². The molecule has 6 heteroatoms. The number of pyridine rings is 1. The van der Waals surface area contributed by atoms with E-state index in [1.54, 1.807) is 18.5 Å². The molecular weight excluding hydrogens is 320 g/mol. The summed E-state index contributed by atoms with van der Waals surface area (Å²) in [5.41, 5.74) is 9.07. The fraction of sp³-hybridized carbons (Fsp3) is 0.0714. The number of aryl methyl sites for hydroxylation is 1. The normalized spacial score (nSPS) is 10.7. The molecule has 2 heterocycles. The average molecular weight is 331 g/mol. The summed E-state index contributed by atoms with van der Waals surface area (Å²) < 4.78 is 6.28. The molecule has 0 radical (unpaired) electrons. The maximum Gasteiger partial charge on any atom is 0.260 e. The van der Waals surface area contributed by atoms with Crippen molar-refractivity contribution in [3.05, 3.63) is 46.7 Å². The number of anilines is 1. The smallest absolute Gasteiger partial charge is 0.260 e. The van der Waals surface area contributed by atoms with E-state index in [2.05, 4.69) is 31.1 Å². The number of aromatic nitrogens is 3. The molecule has 0 aliphatic carbocycles. The minimum absolute atomic E-state index is 0.386. The molecule has 3 aromatic rings. The van der Waals surface area contributed by atoms with E-state index in [0.29, 0.717) is 23.0 Å². The van der Waals surface area contributed by atoms with Gasteiger partial charge in [-0.2, -0.15) is 4.98 Å². The molecule has 1 aromatic carbocycles. The summed E-state index contributed by atoms with van der Waals surface area (Å²) in [6.45, 7) is 2.02. The van der Waals surface area contributed by atoms with Gasteiger partial charge in [-0.15, -0.1) is 0 Å². The van der Waals surface area contributed by atoms with E-state index in [-0.39, 0.29) is 0 Å². The fourth-order valence-corrected chi connectivity index (χ4v) is 2.16. The topological polar surface area (TPSA) is 77.8 Å². The molecule has 3 rings (SSSR count). The Morgan fingerprint density at radius 3 is 2.85 bits per heavy atom. The predicted octanol–water partition coefficient (Wildman–Crippen LogP) is 3.45. The highest BCUT2D eigenvalue weighted by molar-refractivity contribution is 9.10. The lowest BCUT2D eigenvalue weighted by molar-refractivity contribution is 0.432. The van der Waals surface area contributed by atoms with E-state index in [1.165, 1.54) is 0 Å². The molecule has 0 saturated carbocycles. The van der Waals surface area contributed by atoms with Crippen LogP contribution in [0.1, 0.15) is 5.56 Å². The van der Waals surface area contributed by atoms with Gasteiger partial charge in [-0.1, -0.05) is 33.2 Å². The van der Waals surface area contributed by atoms with Crippen molar-refractivity contribution in [2.75, 3.05) is 5.73 Å². The Balaban J connectivity index is 2.02. The van der Waals surface area contributed by atoms with Gasteiger partial charge in [0, 0.05) is 16.2 Å². The highest BCUT2D eigenvalue weighted by Gasteiger charge is 2.13. The van der Waals surface area contributed by atoms with Crippen LogP contribution in [0.3, 0.4) is 0 Å². The molecule has 100 valence electrons. The van der Waals surface area contributed by atoms with Crippen molar-refractivity contribution in [2.45, 2.75) is 6.92 Å². The lowest BCUT2D eigenvalue weighted by atomic mass is 10.1. The second-order valence-corrected chi connectivity index (χ2v) is 5.20. The van der Waals surface area contributed by atoms with E-state index < -0.39 is 0 Å². The molecule has 0 spiro atoms. The van der Waals surface area contributed by atoms with Crippen molar-refractivity contribution in [3.8, 4) is 22.8 Å². The third kappa shape index (κ3) is 2.30. The summed E-state index contributed by atoms with van der Waals surface area (Å²) in [7, 11) is 0. The van der Waals surface area contributed by atoms with Gasteiger partial charge in [0.2, 0.25) is 5.82 Å². The van der Waals surface area contributed by atoms with Gasteiger partial charge in [0.05, 0.1) is 17.4 Å². The lowest BCUT2D eigenvalue weighted by Crippen LogP contribution is -1.91. The Hall–Kier alpha value is -2.21. The lowest BCUT2D eigenvalue weighted by Gasteiger charge is -1.99. The summed E-state index contributed by atoms with van der Waals surface area (Å²) in [5, 5.41) is 3.99. The van der Waals surface area contributed by atoms with E-state index in [9.17, 15) is 0 Å². The van der Waals surface area contributed by atoms with Crippen molar-refractivity contribution in [1.29, 1.82) is 0 Å². The molecule has 2 aromatic heterocycles. The van der Waals surface area contributed by atoms with Crippen LogP contribution in [0.2, 0.25) is 0 Å². The zero-order chi connectivity index (χ0) is 14.1. The van der Waals surface area contributed by atoms with Crippen LogP contribution in [0.4, 0.5) is 5.69 Å². The quantitative estimate of drug-likeness (QED) is 0.778. The Morgan fingerprint density at radius 2 is 2.10 bits per heavy atom. The number of hydrogen-bond acceptors (Lipinski definition) is 5. The van der Waals surface area contributed by atoms with Gasteiger partial charge < -0.3 is 10.3 Å². The maximum atomic E-state index is 5.85. The molecule has 0 aliphatic rings. The first-order valence-electron chi connectivity index (χ1n) is 5.95. The van der Waals surface area contributed by atoms with Gasteiger partial charge in [-0.05, 0) is 24.6 Å². The van der Waals surface area contributed by atoms with Crippen LogP contribution in [-0.2, 0) is 0 Å². The highest BCUT2D eigenvalue weighted by Crippen LogP contribution is 2.27. The van der Waals surface area contributed by atoms with E-state index >= 15 is 0 Å². The number of halogens is 1. The van der Waals surface area contributed by atoms with Crippen LogP contribution >= 0.6 is 15.9 Å². The van der Waals surface area contributed by atoms with E-state index in [0.717, 1.165) is 15.6 Å². The van der Waals surface area contributed by atoms with Crippen LogP contribution in [-0.4, -0.2) is 15.1 Å². The number of nitrogen functional groups attached to an aromatic ring is 1. The minimum atomic E-state index is 0.386. The van der Waals surface area contributed by atoms with Crippen LogP contribution in [0.25, 0.3) is 22.8 Å². The van der Waals surface area contributed by atoms with Gasteiger partial charge in [0.15, 0.2) is 0 Å². The van der Waals surface area contributed by atoms with Crippen molar-refractivity contribution in [3.63, 3.8) is 0 Å². The van der Waals surface area contributed by atoms with Gasteiger partial charge >= 0.3 is 0 Å². The van der Waals surface area contributed by atoms with Gasteiger partial charge in [-0.3, -0.25) is 4.98 Å². The third-order valence-electron chi connectivity index (χ3n) is 2.94.